The Hall–Kier alpha value is -1.84. The molecule has 0 saturated carbocycles. The lowest BCUT2D eigenvalue weighted by Crippen LogP contribution is -2.37. The van der Waals surface area contributed by atoms with E-state index in [1.54, 1.807) is 12.1 Å². The van der Waals surface area contributed by atoms with Crippen LogP contribution in [0.15, 0.2) is 28.6 Å². The van der Waals surface area contributed by atoms with Crippen molar-refractivity contribution in [2.75, 3.05) is 18.4 Å². The number of rotatable bonds is 5. The molecule has 0 aliphatic carbocycles. The van der Waals surface area contributed by atoms with Crippen LogP contribution in [0.4, 0.5) is 5.13 Å². The summed E-state index contributed by atoms with van der Waals surface area (Å²) in [4.78, 5) is 12.4. The number of nitrogens with one attached hydrogen (secondary N) is 1. The van der Waals surface area contributed by atoms with Gasteiger partial charge in [0.15, 0.2) is 0 Å². The van der Waals surface area contributed by atoms with Crippen LogP contribution in [0.1, 0.15) is 55.5 Å². The molecule has 146 valence electrons. The summed E-state index contributed by atoms with van der Waals surface area (Å²) in [6.07, 6.45) is 1.68. The summed E-state index contributed by atoms with van der Waals surface area (Å²) in [5, 5.41) is 10.4. The van der Waals surface area contributed by atoms with Gasteiger partial charge in [-0.15, -0.1) is 10.2 Å². The number of aromatic nitrogens is 2. The van der Waals surface area contributed by atoms with Crippen LogP contribution in [0.5, 0.6) is 0 Å². The average molecular weight is 409 g/mol. The molecule has 1 aliphatic heterocycles. The van der Waals surface area contributed by atoms with Crippen molar-refractivity contribution in [2.45, 2.75) is 43.9 Å². The van der Waals surface area contributed by atoms with Gasteiger partial charge in [-0.3, -0.25) is 10.1 Å². The zero-order valence-electron chi connectivity index (χ0n) is 15.7. The number of benzene rings is 1. The predicted molar refractivity (Wildman–Crippen MR) is 106 cm³/mol. The number of piperidine rings is 1. The van der Waals surface area contributed by atoms with Crippen molar-refractivity contribution in [3.63, 3.8) is 0 Å². The highest BCUT2D eigenvalue weighted by atomic mass is 32.2. The molecule has 2 aromatic rings. The lowest BCUT2D eigenvalue weighted by atomic mass is 10.0. The highest BCUT2D eigenvalue weighted by Crippen LogP contribution is 2.27. The third-order valence-electron chi connectivity index (χ3n) is 4.77. The molecule has 0 bridgehead atoms. The Kier molecular flexibility index (Phi) is 5.92. The number of sulfonamides is 1. The summed E-state index contributed by atoms with van der Waals surface area (Å²) in [6.45, 7) is 7.28. The van der Waals surface area contributed by atoms with Gasteiger partial charge in [-0.1, -0.05) is 44.2 Å². The zero-order chi connectivity index (χ0) is 19.6. The summed E-state index contributed by atoms with van der Waals surface area (Å²) in [5.41, 5.74) is 1.63. The Morgan fingerprint density at radius 2 is 1.81 bits per heavy atom. The molecular formula is C18H24N4O3S2. The van der Waals surface area contributed by atoms with Crippen LogP contribution in [0, 0.1) is 5.92 Å². The molecule has 1 aliphatic rings. The van der Waals surface area contributed by atoms with E-state index in [1.165, 1.54) is 4.31 Å². The molecule has 2 heterocycles. The molecule has 27 heavy (non-hydrogen) atoms. The molecule has 3 rings (SSSR count). The van der Waals surface area contributed by atoms with Crippen LogP contribution in [0.3, 0.4) is 0 Å². The average Bonchev–Trinajstić information content (AvgIpc) is 3.11. The quantitative estimate of drug-likeness (QED) is 0.766. The van der Waals surface area contributed by atoms with E-state index in [-0.39, 0.29) is 15.4 Å². The third kappa shape index (κ3) is 4.53. The van der Waals surface area contributed by atoms with Crippen molar-refractivity contribution in [2.24, 2.45) is 5.92 Å². The molecule has 0 radical (unpaired) electrons. The van der Waals surface area contributed by atoms with Crippen molar-refractivity contribution in [3.05, 3.63) is 35.4 Å². The van der Waals surface area contributed by atoms with Gasteiger partial charge >= 0.3 is 0 Å². The van der Waals surface area contributed by atoms with Crippen LogP contribution in [-0.4, -0.2) is 41.9 Å². The first kappa shape index (κ1) is 19.9. The molecule has 0 spiro atoms. The maximum atomic E-state index is 12.7. The summed E-state index contributed by atoms with van der Waals surface area (Å²) in [7, 11) is -3.65. The van der Waals surface area contributed by atoms with Crippen molar-refractivity contribution in [1.82, 2.24) is 14.5 Å². The molecule has 0 atom stereocenters. The largest absolute Gasteiger partial charge is 0.296 e. The minimum Gasteiger partial charge on any atom is -0.296 e. The number of hydrogen-bond acceptors (Lipinski definition) is 6. The summed E-state index contributed by atoms with van der Waals surface area (Å²) < 4.78 is 26.7. The van der Waals surface area contributed by atoms with Crippen molar-refractivity contribution >= 4 is 32.4 Å². The van der Waals surface area contributed by atoms with E-state index >= 15 is 0 Å². The van der Waals surface area contributed by atoms with Crippen LogP contribution in [0.2, 0.25) is 0 Å². The van der Waals surface area contributed by atoms with Gasteiger partial charge in [-0.05, 0) is 42.4 Å². The maximum Gasteiger partial charge on any atom is 0.272 e. The fourth-order valence-electron chi connectivity index (χ4n) is 2.89. The SMILES string of the molecule is CC1CCN(S(=O)(=O)c2nnc(NC(=O)c3ccc(C(C)C)cc3)s2)CC1. The summed E-state index contributed by atoms with van der Waals surface area (Å²) in [5.74, 6) is 0.579. The van der Waals surface area contributed by atoms with Crippen LogP contribution in [0.25, 0.3) is 0 Å². The Labute approximate surface area is 163 Å². The molecule has 0 unspecified atom stereocenters. The van der Waals surface area contributed by atoms with Gasteiger partial charge in [-0.2, -0.15) is 4.31 Å². The van der Waals surface area contributed by atoms with Gasteiger partial charge in [-0.25, -0.2) is 8.42 Å². The maximum absolute atomic E-state index is 12.7. The number of hydrogen-bond donors (Lipinski definition) is 1. The van der Waals surface area contributed by atoms with E-state index in [0.29, 0.717) is 30.5 Å². The molecule has 9 heteroatoms. The minimum atomic E-state index is -3.65. The predicted octanol–water partition coefficient (Wildman–Crippen LogP) is 3.33. The first-order valence-corrected chi connectivity index (χ1v) is 11.3. The molecule has 1 fully saturated rings. The monoisotopic (exact) mass is 408 g/mol. The molecule has 1 aromatic carbocycles. The Morgan fingerprint density at radius 1 is 1.19 bits per heavy atom. The molecule has 1 amide bonds. The van der Waals surface area contributed by atoms with Crippen LogP contribution in [-0.2, 0) is 10.0 Å². The smallest absolute Gasteiger partial charge is 0.272 e. The second-order valence-electron chi connectivity index (χ2n) is 7.19. The van der Waals surface area contributed by atoms with Gasteiger partial charge in [0.05, 0.1) is 0 Å². The first-order valence-electron chi connectivity index (χ1n) is 9.02. The van der Waals surface area contributed by atoms with Crippen molar-refractivity contribution in [3.8, 4) is 0 Å². The standard InChI is InChI=1S/C18H24N4O3S2/c1-12(2)14-4-6-15(7-5-14)16(23)19-17-20-21-18(26-17)27(24,25)22-10-8-13(3)9-11-22/h4-7,12-13H,8-11H2,1-3H3,(H,19,20,23). The Morgan fingerprint density at radius 3 is 2.41 bits per heavy atom. The van der Waals surface area contributed by atoms with Crippen molar-refractivity contribution < 1.29 is 13.2 Å². The fraction of sp³-hybridized carbons (Fsp3) is 0.500. The fourth-order valence-corrected chi connectivity index (χ4v) is 5.39. The van der Waals surface area contributed by atoms with Gasteiger partial charge in [0.2, 0.25) is 9.47 Å². The Bertz CT molecular complexity index is 899. The number of carbonyl (C=O) groups is 1. The molecule has 1 saturated heterocycles. The van der Waals surface area contributed by atoms with E-state index in [9.17, 15) is 13.2 Å². The van der Waals surface area contributed by atoms with Gasteiger partial charge < -0.3 is 0 Å². The molecule has 1 N–H and O–H groups in total. The van der Waals surface area contributed by atoms with Crippen molar-refractivity contribution in [1.29, 1.82) is 0 Å². The van der Waals surface area contributed by atoms with E-state index < -0.39 is 10.0 Å². The summed E-state index contributed by atoms with van der Waals surface area (Å²) >= 11 is 0.882. The van der Waals surface area contributed by atoms with Crippen LogP contribution >= 0.6 is 11.3 Å². The minimum absolute atomic E-state index is 0.0810. The lowest BCUT2D eigenvalue weighted by molar-refractivity contribution is 0.102. The normalized spacial score (nSPS) is 16.6. The summed E-state index contributed by atoms with van der Waals surface area (Å²) in [6, 6.07) is 7.32. The van der Waals surface area contributed by atoms with Gasteiger partial charge in [0.1, 0.15) is 0 Å². The highest BCUT2D eigenvalue weighted by molar-refractivity contribution is 7.91. The van der Waals surface area contributed by atoms with Gasteiger partial charge in [0, 0.05) is 18.7 Å². The van der Waals surface area contributed by atoms with E-state index in [0.717, 1.165) is 29.7 Å². The van der Waals surface area contributed by atoms with E-state index in [1.807, 2.05) is 12.1 Å². The van der Waals surface area contributed by atoms with Gasteiger partial charge in [0.25, 0.3) is 15.9 Å². The van der Waals surface area contributed by atoms with E-state index in [2.05, 4.69) is 36.3 Å². The highest BCUT2D eigenvalue weighted by Gasteiger charge is 2.31. The number of amides is 1. The topological polar surface area (TPSA) is 92.3 Å². The molecular weight excluding hydrogens is 384 g/mol. The third-order valence-corrected chi connectivity index (χ3v) is 7.85. The zero-order valence-corrected chi connectivity index (χ0v) is 17.3. The lowest BCUT2D eigenvalue weighted by Gasteiger charge is -2.28. The first-order chi connectivity index (χ1) is 12.8. The van der Waals surface area contributed by atoms with E-state index in [4.69, 9.17) is 0 Å². The second-order valence-corrected chi connectivity index (χ2v) is 10.3. The second kappa shape index (κ2) is 8.04. The number of anilines is 1. The molecule has 1 aromatic heterocycles. The molecule has 7 nitrogen and oxygen atoms in total. The Balaban J connectivity index is 1.69. The van der Waals surface area contributed by atoms with Crippen LogP contribution < -0.4 is 5.32 Å². The number of carbonyl (C=O) groups excluding carboxylic acids is 1. The number of nitrogens with zero attached hydrogens (tertiary/aromatic N) is 3.